The number of aryl methyl sites for hydroxylation is 2. The SMILES string of the molecule is Cc1cc2c(NCCCc3ccc(-c4ccc(N(C)C)cc4)cc3)nc(Cl)nc2s1. The molecule has 1 N–H and O–H groups in total. The predicted octanol–water partition coefficient (Wildman–Crippen LogP) is 6.43. The molecule has 0 aliphatic rings. The molecule has 30 heavy (non-hydrogen) atoms. The van der Waals surface area contributed by atoms with Gasteiger partial charge < -0.3 is 10.2 Å². The molecule has 0 bridgehead atoms. The number of thiophene rings is 1. The molecule has 0 saturated heterocycles. The quantitative estimate of drug-likeness (QED) is 0.267. The van der Waals surface area contributed by atoms with Gasteiger partial charge in [0.2, 0.25) is 5.28 Å². The molecule has 0 aliphatic heterocycles. The molecule has 0 unspecified atom stereocenters. The summed E-state index contributed by atoms with van der Waals surface area (Å²) in [6.45, 7) is 2.91. The summed E-state index contributed by atoms with van der Waals surface area (Å²) in [5.41, 5.74) is 5.03. The van der Waals surface area contributed by atoms with Crippen LogP contribution in [0.25, 0.3) is 21.3 Å². The molecule has 2 aromatic heterocycles. The van der Waals surface area contributed by atoms with E-state index in [0.717, 1.165) is 35.4 Å². The lowest BCUT2D eigenvalue weighted by Crippen LogP contribution is -2.07. The highest BCUT2D eigenvalue weighted by Gasteiger charge is 2.09. The Labute approximate surface area is 186 Å². The van der Waals surface area contributed by atoms with Gasteiger partial charge in [-0.15, -0.1) is 11.3 Å². The van der Waals surface area contributed by atoms with Crippen LogP contribution in [0.3, 0.4) is 0 Å². The molecular weight excluding hydrogens is 412 g/mol. The van der Waals surface area contributed by atoms with Crippen molar-refractivity contribution in [3.8, 4) is 11.1 Å². The molecule has 0 amide bonds. The number of hydrogen-bond acceptors (Lipinski definition) is 5. The van der Waals surface area contributed by atoms with Crippen molar-refractivity contribution < 1.29 is 0 Å². The molecule has 4 aromatic rings. The number of rotatable bonds is 7. The fourth-order valence-electron chi connectivity index (χ4n) is 3.47. The molecule has 0 fully saturated rings. The van der Waals surface area contributed by atoms with Crippen LogP contribution in [0.2, 0.25) is 5.28 Å². The summed E-state index contributed by atoms with van der Waals surface area (Å²) >= 11 is 7.71. The number of anilines is 2. The van der Waals surface area contributed by atoms with Gasteiger partial charge in [0.05, 0.1) is 5.39 Å². The number of benzene rings is 2. The Balaban J connectivity index is 1.34. The number of nitrogens with one attached hydrogen (secondary N) is 1. The van der Waals surface area contributed by atoms with Crippen LogP contribution in [0.5, 0.6) is 0 Å². The first-order valence-electron chi connectivity index (χ1n) is 10.0. The zero-order chi connectivity index (χ0) is 21.1. The second-order valence-electron chi connectivity index (χ2n) is 7.59. The van der Waals surface area contributed by atoms with E-state index in [2.05, 4.69) is 95.8 Å². The lowest BCUT2D eigenvalue weighted by molar-refractivity contribution is 0.860. The number of fused-ring (bicyclic) bond motifs is 1. The van der Waals surface area contributed by atoms with Crippen molar-refractivity contribution in [2.75, 3.05) is 30.9 Å². The summed E-state index contributed by atoms with van der Waals surface area (Å²) in [6, 6.07) is 19.6. The third-order valence-corrected chi connectivity index (χ3v) is 6.21. The van der Waals surface area contributed by atoms with Crippen LogP contribution in [0, 0.1) is 6.92 Å². The van der Waals surface area contributed by atoms with E-state index in [1.54, 1.807) is 11.3 Å². The first-order valence-corrected chi connectivity index (χ1v) is 11.2. The van der Waals surface area contributed by atoms with Gasteiger partial charge in [0.1, 0.15) is 10.6 Å². The van der Waals surface area contributed by atoms with Crippen LogP contribution in [0.4, 0.5) is 11.5 Å². The van der Waals surface area contributed by atoms with Gasteiger partial charge in [-0.1, -0.05) is 36.4 Å². The summed E-state index contributed by atoms with van der Waals surface area (Å²) in [5, 5.41) is 4.77. The summed E-state index contributed by atoms with van der Waals surface area (Å²) < 4.78 is 0. The van der Waals surface area contributed by atoms with E-state index < -0.39 is 0 Å². The normalized spacial score (nSPS) is 11.1. The minimum Gasteiger partial charge on any atom is -0.378 e. The summed E-state index contributed by atoms with van der Waals surface area (Å²) in [7, 11) is 4.12. The van der Waals surface area contributed by atoms with E-state index in [9.17, 15) is 0 Å². The third kappa shape index (κ3) is 4.74. The number of hydrogen-bond donors (Lipinski definition) is 1. The van der Waals surface area contributed by atoms with Gasteiger partial charge in [-0.25, -0.2) is 9.97 Å². The van der Waals surface area contributed by atoms with E-state index in [4.69, 9.17) is 11.6 Å². The summed E-state index contributed by atoms with van der Waals surface area (Å²) in [5.74, 6) is 0.825. The zero-order valence-electron chi connectivity index (χ0n) is 17.4. The van der Waals surface area contributed by atoms with Gasteiger partial charge in [0.25, 0.3) is 0 Å². The van der Waals surface area contributed by atoms with Crippen molar-refractivity contribution in [3.05, 3.63) is 70.3 Å². The first-order chi connectivity index (χ1) is 14.5. The molecule has 0 radical (unpaired) electrons. The van der Waals surface area contributed by atoms with E-state index in [0.29, 0.717) is 5.28 Å². The summed E-state index contributed by atoms with van der Waals surface area (Å²) in [4.78, 5) is 12.9. The maximum Gasteiger partial charge on any atom is 0.225 e. The minimum atomic E-state index is 0.293. The number of halogens is 1. The smallest absolute Gasteiger partial charge is 0.225 e. The molecule has 0 aliphatic carbocycles. The molecule has 2 aromatic carbocycles. The van der Waals surface area contributed by atoms with Crippen LogP contribution in [0.15, 0.2) is 54.6 Å². The standard InChI is InChI=1S/C24H25ClN4S/c1-16-15-21-22(27-24(25)28-23(21)30-16)26-14-4-5-17-6-8-18(9-7-17)19-10-12-20(13-11-19)29(2)3/h6-13,15H,4-5,14H2,1-3H3,(H,26,27,28). The highest BCUT2D eigenvalue weighted by molar-refractivity contribution is 7.18. The third-order valence-electron chi connectivity index (χ3n) is 5.09. The van der Waals surface area contributed by atoms with Gasteiger partial charge in [0, 0.05) is 31.2 Å². The van der Waals surface area contributed by atoms with Crippen molar-refractivity contribution in [1.82, 2.24) is 9.97 Å². The maximum atomic E-state index is 6.07. The van der Waals surface area contributed by atoms with Crippen LogP contribution in [-0.2, 0) is 6.42 Å². The van der Waals surface area contributed by atoms with Gasteiger partial charge in [-0.3, -0.25) is 0 Å². The molecule has 4 nitrogen and oxygen atoms in total. The van der Waals surface area contributed by atoms with Crippen molar-refractivity contribution in [1.29, 1.82) is 0 Å². The van der Waals surface area contributed by atoms with Gasteiger partial charge >= 0.3 is 0 Å². The molecule has 4 rings (SSSR count). The Morgan fingerprint density at radius 3 is 2.30 bits per heavy atom. The molecule has 0 spiro atoms. The van der Waals surface area contributed by atoms with Crippen molar-refractivity contribution >= 4 is 44.7 Å². The van der Waals surface area contributed by atoms with Crippen molar-refractivity contribution in [3.63, 3.8) is 0 Å². The second-order valence-corrected chi connectivity index (χ2v) is 9.16. The predicted molar refractivity (Wildman–Crippen MR) is 130 cm³/mol. The Morgan fingerprint density at radius 1 is 0.967 bits per heavy atom. The van der Waals surface area contributed by atoms with Gasteiger partial charge in [-0.2, -0.15) is 0 Å². The fourth-order valence-corrected chi connectivity index (χ4v) is 4.56. The average molecular weight is 437 g/mol. The topological polar surface area (TPSA) is 41.0 Å². The van der Waals surface area contributed by atoms with Crippen LogP contribution in [0.1, 0.15) is 16.9 Å². The highest BCUT2D eigenvalue weighted by atomic mass is 35.5. The average Bonchev–Trinajstić information content (AvgIpc) is 3.11. The lowest BCUT2D eigenvalue weighted by Gasteiger charge is -2.13. The van der Waals surface area contributed by atoms with Crippen LogP contribution in [-0.4, -0.2) is 30.6 Å². The first kappa shape index (κ1) is 20.6. The van der Waals surface area contributed by atoms with E-state index in [1.165, 1.54) is 27.3 Å². The fraction of sp³-hybridized carbons (Fsp3) is 0.250. The molecule has 154 valence electrons. The molecular formula is C24H25ClN4S. The second kappa shape index (κ2) is 9.02. The zero-order valence-corrected chi connectivity index (χ0v) is 19.0. The largest absolute Gasteiger partial charge is 0.378 e. The van der Waals surface area contributed by atoms with Crippen LogP contribution >= 0.6 is 22.9 Å². The van der Waals surface area contributed by atoms with Crippen LogP contribution < -0.4 is 10.2 Å². The minimum absolute atomic E-state index is 0.293. The highest BCUT2D eigenvalue weighted by Crippen LogP contribution is 2.29. The Kier molecular flexibility index (Phi) is 6.21. The van der Waals surface area contributed by atoms with Gasteiger partial charge in [-0.05, 0) is 66.3 Å². The Morgan fingerprint density at radius 2 is 1.63 bits per heavy atom. The maximum absolute atomic E-state index is 6.07. The van der Waals surface area contributed by atoms with Gasteiger partial charge in [0.15, 0.2) is 0 Å². The van der Waals surface area contributed by atoms with E-state index in [-0.39, 0.29) is 0 Å². The lowest BCUT2D eigenvalue weighted by atomic mass is 10.0. The molecule has 2 heterocycles. The molecule has 0 saturated carbocycles. The molecule has 0 atom stereocenters. The Bertz CT molecular complexity index is 1130. The van der Waals surface area contributed by atoms with E-state index >= 15 is 0 Å². The number of aromatic nitrogens is 2. The Hall–Kier alpha value is -2.63. The van der Waals surface area contributed by atoms with E-state index in [1.807, 2.05) is 0 Å². The summed E-state index contributed by atoms with van der Waals surface area (Å²) in [6.07, 6.45) is 2.03. The molecule has 6 heteroatoms. The van der Waals surface area contributed by atoms with Crippen molar-refractivity contribution in [2.45, 2.75) is 19.8 Å². The monoisotopic (exact) mass is 436 g/mol. The van der Waals surface area contributed by atoms with Crippen molar-refractivity contribution in [2.24, 2.45) is 0 Å². The number of nitrogens with zero attached hydrogens (tertiary/aromatic N) is 3.